The number of carbonyl (C=O) groups excluding carboxylic acids is 4. The largest absolute Gasteiger partial charge is 0.459 e. The minimum atomic E-state index is -1.57. The Labute approximate surface area is 276 Å². The fraction of sp³-hybridized carbons (Fsp3) is 0.243. The minimum Gasteiger partial charge on any atom is -0.459 e. The first-order valence-corrected chi connectivity index (χ1v) is 15.5. The van der Waals surface area contributed by atoms with Crippen molar-refractivity contribution in [1.29, 1.82) is 0 Å². The maximum Gasteiger partial charge on any atom is 0.409 e. The molecule has 0 unspecified atom stereocenters. The molecule has 2 amide bonds. The lowest BCUT2D eigenvalue weighted by Crippen LogP contribution is -2.69. The van der Waals surface area contributed by atoms with Crippen molar-refractivity contribution in [3.05, 3.63) is 131 Å². The second-order valence-electron chi connectivity index (χ2n) is 11.5. The van der Waals surface area contributed by atoms with E-state index in [2.05, 4.69) is 10.6 Å². The van der Waals surface area contributed by atoms with Gasteiger partial charge in [0.15, 0.2) is 12.3 Å². The topological polar surface area (TPSA) is 149 Å². The number of rotatable bonds is 9. The molecule has 1 saturated heterocycles. The number of hydrogen-bond donors (Lipinski definition) is 3. The van der Waals surface area contributed by atoms with Gasteiger partial charge in [0.1, 0.15) is 31.5 Å². The van der Waals surface area contributed by atoms with Crippen molar-refractivity contribution in [2.45, 2.75) is 43.4 Å². The van der Waals surface area contributed by atoms with Gasteiger partial charge in [-0.3, -0.25) is 10.1 Å². The second kappa shape index (κ2) is 14.5. The van der Waals surface area contributed by atoms with Gasteiger partial charge in [0.25, 0.3) is 0 Å². The molecule has 0 saturated carbocycles. The van der Waals surface area contributed by atoms with Gasteiger partial charge in [0.05, 0.1) is 11.1 Å². The van der Waals surface area contributed by atoms with Gasteiger partial charge in [-0.1, -0.05) is 84.9 Å². The Morgan fingerprint density at radius 3 is 1.81 bits per heavy atom. The number of aliphatic hydroxyl groups is 1. The molecular weight excluding hydrogens is 616 g/mol. The van der Waals surface area contributed by atoms with Crippen LogP contribution in [0.25, 0.3) is 11.1 Å². The van der Waals surface area contributed by atoms with E-state index in [1.807, 2.05) is 48.5 Å². The first-order valence-electron chi connectivity index (χ1n) is 15.5. The van der Waals surface area contributed by atoms with Gasteiger partial charge in [0.2, 0.25) is 5.91 Å². The van der Waals surface area contributed by atoms with Crippen molar-refractivity contribution in [2.24, 2.45) is 0 Å². The van der Waals surface area contributed by atoms with Gasteiger partial charge < -0.3 is 29.4 Å². The molecule has 48 heavy (non-hydrogen) atoms. The summed E-state index contributed by atoms with van der Waals surface area (Å²) in [5.74, 6) is -2.20. The lowest BCUT2D eigenvalue weighted by molar-refractivity contribution is -0.201. The molecule has 6 rings (SSSR count). The van der Waals surface area contributed by atoms with E-state index in [9.17, 15) is 24.3 Å². The molecule has 1 heterocycles. The van der Waals surface area contributed by atoms with Gasteiger partial charge in [0, 0.05) is 12.8 Å². The number of esters is 2. The fourth-order valence-electron chi connectivity index (χ4n) is 6.08. The number of benzene rings is 4. The van der Waals surface area contributed by atoms with Crippen LogP contribution >= 0.6 is 0 Å². The Hall–Kier alpha value is -5.52. The third-order valence-electron chi connectivity index (χ3n) is 8.33. The highest BCUT2D eigenvalue weighted by molar-refractivity contribution is 5.90. The summed E-state index contributed by atoms with van der Waals surface area (Å²) in [6.07, 6.45) is -6.49. The summed E-state index contributed by atoms with van der Waals surface area (Å²) in [5.41, 5.74) is 4.65. The van der Waals surface area contributed by atoms with Crippen LogP contribution in [0.1, 0.15) is 44.7 Å². The molecular formula is C37H34N2O9. The summed E-state index contributed by atoms with van der Waals surface area (Å²) in [6, 6.07) is 30.9. The molecule has 4 aromatic rings. The zero-order chi connectivity index (χ0) is 33.6. The van der Waals surface area contributed by atoms with Crippen LogP contribution in [0.2, 0.25) is 0 Å². The van der Waals surface area contributed by atoms with Crippen molar-refractivity contribution in [3.8, 4) is 11.1 Å². The van der Waals surface area contributed by atoms with Gasteiger partial charge in [-0.15, -0.1) is 0 Å². The Balaban J connectivity index is 1.21. The van der Waals surface area contributed by atoms with Crippen LogP contribution in [0.3, 0.4) is 0 Å². The van der Waals surface area contributed by atoms with Crippen LogP contribution in [0, 0.1) is 0 Å². The lowest BCUT2D eigenvalue weighted by atomic mass is 9.95. The first-order chi connectivity index (χ1) is 23.3. The Morgan fingerprint density at radius 1 is 0.688 bits per heavy atom. The van der Waals surface area contributed by atoms with Crippen molar-refractivity contribution >= 4 is 23.9 Å². The smallest absolute Gasteiger partial charge is 0.409 e. The van der Waals surface area contributed by atoms with Crippen LogP contribution in [0.4, 0.5) is 4.79 Å². The molecule has 4 aromatic carbocycles. The molecule has 0 aromatic heterocycles. The van der Waals surface area contributed by atoms with E-state index < -0.39 is 61.1 Å². The van der Waals surface area contributed by atoms with E-state index in [-0.39, 0.29) is 23.7 Å². The number of amides is 2. The highest BCUT2D eigenvalue weighted by atomic mass is 16.6. The highest BCUT2D eigenvalue weighted by Gasteiger charge is 2.49. The van der Waals surface area contributed by atoms with Crippen LogP contribution in [0.5, 0.6) is 0 Å². The number of aliphatic hydroxyl groups excluding tert-OH is 1. The molecule has 2 aliphatic rings. The monoisotopic (exact) mass is 650 g/mol. The molecule has 1 fully saturated rings. The number of alkyl carbamates (subject to hydrolysis) is 1. The normalized spacial score (nSPS) is 21.2. The van der Waals surface area contributed by atoms with E-state index in [1.165, 1.54) is 19.1 Å². The third-order valence-corrected chi connectivity index (χ3v) is 8.33. The molecule has 11 heteroatoms. The summed E-state index contributed by atoms with van der Waals surface area (Å²) in [6.45, 7) is 0.787. The SMILES string of the molecule is CC(=O)N[C@@H]1[C@@H](OC(=O)c2ccccc2)[C@H](O)[C@@H](COC(=O)c2ccccc2)O[C@H]1NC(=O)OCC1c2ccccc2-c2ccccc21. The molecule has 1 aliphatic heterocycles. The number of nitrogens with one attached hydrogen (secondary N) is 2. The zero-order valence-corrected chi connectivity index (χ0v) is 26.0. The van der Waals surface area contributed by atoms with E-state index in [0.29, 0.717) is 0 Å². The minimum absolute atomic E-state index is 0.00451. The molecule has 5 atom stereocenters. The maximum atomic E-state index is 13.3. The Morgan fingerprint density at radius 2 is 1.23 bits per heavy atom. The van der Waals surface area contributed by atoms with Crippen molar-refractivity contribution in [1.82, 2.24) is 10.6 Å². The summed E-state index contributed by atoms with van der Waals surface area (Å²) >= 11 is 0. The summed E-state index contributed by atoms with van der Waals surface area (Å²) < 4.78 is 22.9. The van der Waals surface area contributed by atoms with Crippen molar-refractivity contribution in [2.75, 3.05) is 13.2 Å². The molecule has 0 spiro atoms. The number of fused-ring (bicyclic) bond motifs is 3. The molecule has 3 N–H and O–H groups in total. The maximum absolute atomic E-state index is 13.3. The first kappa shape index (κ1) is 32.4. The number of carbonyl (C=O) groups is 4. The van der Waals surface area contributed by atoms with Crippen molar-refractivity contribution in [3.63, 3.8) is 0 Å². The molecule has 11 nitrogen and oxygen atoms in total. The van der Waals surface area contributed by atoms with E-state index in [4.69, 9.17) is 18.9 Å². The zero-order valence-electron chi connectivity index (χ0n) is 26.0. The molecule has 246 valence electrons. The quantitative estimate of drug-likeness (QED) is 0.179. The Kier molecular flexibility index (Phi) is 9.79. The van der Waals surface area contributed by atoms with Crippen LogP contribution in [0.15, 0.2) is 109 Å². The second-order valence-corrected chi connectivity index (χ2v) is 11.5. The van der Waals surface area contributed by atoms with Gasteiger partial charge >= 0.3 is 18.0 Å². The lowest BCUT2D eigenvalue weighted by Gasteiger charge is -2.44. The summed E-state index contributed by atoms with van der Waals surface area (Å²) in [7, 11) is 0. The average molecular weight is 651 g/mol. The van der Waals surface area contributed by atoms with E-state index in [0.717, 1.165) is 22.3 Å². The highest BCUT2D eigenvalue weighted by Crippen LogP contribution is 2.44. The van der Waals surface area contributed by atoms with E-state index in [1.54, 1.807) is 48.5 Å². The predicted octanol–water partition coefficient (Wildman–Crippen LogP) is 4.20. The molecule has 0 bridgehead atoms. The Bertz CT molecular complexity index is 1740. The predicted molar refractivity (Wildman–Crippen MR) is 173 cm³/mol. The van der Waals surface area contributed by atoms with Gasteiger partial charge in [-0.25, -0.2) is 14.4 Å². The van der Waals surface area contributed by atoms with Crippen molar-refractivity contribution < 1.29 is 43.2 Å². The van der Waals surface area contributed by atoms with E-state index >= 15 is 0 Å². The van der Waals surface area contributed by atoms with Gasteiger partial charge in [-0.05, 0) is 46.5 Å². The van der Waals surface area contributed by atoms with Crippen LogP contribution in [-0.4, -0.2) is 72.8 Å². The fourth-order valence-corrected chi connectivity index (χ4v) is 6.08. The number of hydrogen-bond acceptors (Lipinski definition) is 9. The third kappa shape index (κ3) is 7.07. The van der Waals surface area contributed by atoms with Crippen LogP contribution < -0.4 is 10.6 Å². The standard InChI is InChI=1S/C37H34N2O9/c1-22(40)38-31-33(48-36(43)24-14-6-3-7-15-24)32(41)30(21-45-35(42)23-12-4-2-5-13-23)47-34(31)39-37(44)46-20-29-27-18-10-8-16-25(27)26-17-9-11-19-28(26)29/h2-19,29-34,41H,20-21H2,1H3,(H,38,40)(H,39,44)/t30-,31-,32-,33-,34-/m1/s1. The molecule has 0 radical (unpaired) electrons. The summed E-state index contributed by atoms with van der Waals surface area (Å²) in [5, 5.41) is 16.6. The number of ether oxygens (including phenoxy) is 4. The average Bonchev–Trinajstić information content (AvgIpc) is 3.43. The molecule has 1 aliphatic carbocycles. The summed E-state index contributed by atoms with van der Waals surface area (Å²) in [4.78, 5) is 51.5. The van der Waals surface area contributed by atoms with Gasteiger partial charge in [-0.2, -0.15) is 0 Å². The van der Waals surface area contributed by atoms with Crippen LogP contribution in [-0.2, 0) is 23.7 Å².